The van der Waals surface area contributed by atoms with Crippen molar-refractivity contribution in [2.24, 2.45) is 0 Å². The van der Waals surface area contributed by atoms with E-state index in [1.165, 1.54) is 0 Å². The number of nitrogens with one attached hydrogen (secondary N) is 1. The quantitative estimate of drug-likeness (QED) is 0.878. The maximum Gasteiger partial charge on any atom is 0.290 e. The Morgan fingerprint density at radius 2 is 2.36 bits per heavy atom. The third-order valence-electron chi connectivity index (χ3n) is 3.52. The van der Waals surface area contributed by atoms with Crippen molar-refractivity contribution in [2.45, 2.75) is 12.5 Å². The summed E-state index contributed by atoms with van der Waals surface area (Å²) in [5.74, 6) is -0.184. The minimum Gasteiger partial charge on any atom is -0.350 e. The van der Waals surface area contributed by atoms with E-state index in [-0.39, 0.29) is 17.7 Å². The minimum absolute atomic E-state index is 0.0492. The van der Waals surface area contributed by atoms with Crippen molar-refractivity contribution in [1.29, 1.82) is 5.26 Å². The SMILES string of the molecule is N#CN1CCC(NC(=O)c2cc(-c3cccc(Cl)c3)no2)C1. The van der Waals surface area contributed by atoms with Crippen molar-refractivity contribution in [1.82, 2.24) is 15.4 Å². The van der Waals surface area contributed by atoms with Crippen LogP contribution in [0.15, 0.2) is 34.9 Å². The lowest BCUT2D eigenvalue weighted by molar-refractivity contribution is 0.0901. The molecule has 1 saturated heterocycles. The maximum absolute atomic E-state index is 12.1. The Balaban J connectivity index is 1.69. The Kier molecular flexibility index (Phi) is 3.98. The summed E-state index contributed by atoms with van der Waals surface area (Å²) in [6.45, 7) is 1.18. The van der Waals surface area contributed by atoms with Crippen LogP contribution in [0.5, 0.6) is 0 Å². The number of aromatic nitrogens is 1. The highest BCUT2D eigenvalue weighted by Gasteiger charge is 2.25. The van der Waals surface area contributed by atoms with Gasteiger partial charge in [0.1, 0.15) is 5.69 Å². The average molecular weight is 317 g/mol. The van der Waals surface area contributed by atoms with E-state index < -0.39 is 0 Å². The molecular weight excluding hydrogens is 304 g/mol. The van der Waals surface area contributed by atoms with E-state index >= 15 is 0 Å². The maximum atomic E-state index is 12.1. The fraction of sp³-hybridized carbons (Fsp3) is 0.267. The van der Waals surface area contributed by atoms with Gasteiger partial charge in [0.15, 0.2) is 6.19 Å². The molecule has 1 N–H and O–H groups in total. The fourth-order valence-corrected chi connectivity index (χ4v) is 2.58. The standard InChI is InChI=1S/C15H13ClN4O2/c16-11-3-1-2-10(6-11)13-7-14(22-19-13)15(21)18-12-4-5-20(8-12)9-17/h1-3,6-7,12H,4-5,8H2,(H,18,21). The number of likely N-dealkylation sites (tertiary alicyclic amines) is 1. The van der Waals surface area contributed by atoms with Crippen molar-refractivity contribution >= 4 is 17.5 Å². The van der Waals surface area contributed by atoms with Gasteiger partial charge in [-0.1, -0.05) is 28.9 Å². The number of nitriles is 1. The van der Waals surface area contributed by atoms with E-state index in [4.69, 9.17) is 21.4 Å². The molecule has 0 bridgehead atoms. The first-order valence-electron chi connectivity index (χ1n) is 6.84. The largest absolute Gasteiger partial charge is 0.350 e. The van der Waals surface area contributed by atoms with E-state index in [1.54, 1.807) is 29.2 Å². The van der Waals surface area contributed by atoms with Crippen molar-refractivity contribution in [3.05, 3.63) is 41.1 Å². The lowest BCUT2D eigenvalue weighted by atomic mass is 10.1. The van der Waals surface area contributed by atoms with Crippen LogP contribution in [-0.2, 0) is 0 Å². The molecule has 0 spiro atoms. The van der Waals surface area contributed by atoms with Gasteiger partial charge >= 0.3 is 0 Å². The van der Waals surface area contributed by atoms with E-state index in [9.17, 15) is 4.79 Å². The Morgan fingerprint density at radius 3 is 3.09 bits per heavy atom. The summed E-state index contributed by atoms with van der Waals surface area (Å²) >= 11 is 5.94. The second-order valence-electron chi connectivity index (χ2n) is 5.09. The molecular formula is C15H13ClN4O2. The van der Waals surface area contributed by atoms with Gasteiger partial charge < -0.3 is 14.7 Å². The van der Waals surface area contributed by atoms with Crippen LogP contribution in [0.25, 0.3) is 11.3 Å². The predicted molar refractivity (Wildman–Crippen MR) is 80.0 cm³/mol. The molecule has 0 radical (unpaired) electrons. The van der Waals surface area contributed by atoms with Crippen LogP contribution in [-0.4, -0.2) is 35.1 Å². The minimum atomic E-state index is -0.328. The van der Waals surface area contributed by atoms with Crippen LogP contribution >= 0.6 is 11.6 Å². The molecule has 1 aliphatic heterocycles. The number of amides is 1. The molecule has 1 aliphatic rings. The smallest absolute Gasteiger partial charge is 0.290 e. The molecule has 1 atom stereocenters. The Hall–Kier alpha value is -2.52. The first kappa shape index (κ1) is 14.4. The zero-order valence-electron chi connectivity index (χ0n) is 11.6. The van der Waals surface area contributed by atoms with Crippen molar-refractivity contribution < 1.29 is 9.32 Å². The highest BCUT2D eigenvalue weighted by molar-refractivity contribution is 6.30. The Bertz CT molecular complexity index is 737. The topological polar surface area (TPSA) is 82.2 Å². The van der Waals surface area contributed by atoms with Gasteiger partial charge in [0.25, 0.3) is 5.91 Å². The average Bonchev–Trinajstić information content (AvgIpc) is 3.16. The number of rotatable bonds is 3. The summed E-state index contributed by atoms with van der Waals surface area (Å²) in [6.07, 6.45) is 2.82. The predicted octanol–water partition coefficient (Wildman–Crippen LogP) is 2.28. The molecule has 3 rings (SSSR count). The summed E-state index contributed by atoms with van der Waals surface area (Å²) in [6, 6.07) is 8.70. The van der Waals surface area contributed by atoms with Crippen LogP contribution in [0.4, 0.5) is 0 Å². The highest BCUT2D eigenvalue weighted by Crippen LogP contribution is 2.22. The van der Waals surface area contributed by atoms with Crippen molar-refractivity contribution in [3.63, 3.8) is 0 Å². The molecule has 7 heteroatoms. The molecule has 0 saturated carbocycles. The summed E-state index contributed by atoms with van der Waals surface area (Å²) in [5, 5.41) is 16.1. The highest BCUT2D eigenvalue weighted by atomic mass is 35.5. The van der Waals surface area contributed by atoms with Gasteiger partial charge in [-0.15, -0.1) is 0 Å². The molecule has 112 valence electrons. The van der Waals surface area contributed by atoms with E-state index in [2.05, 4.69) is 16.7 Å². The molecule has 2 heterocycles. The van der Waals surface area contributed by atoms with Crippen LogP contribution < -0.4 is 5.32 Å². The number of hydrogen-bond acceptors (Lipinski definition) is 5. The molecule has 2 aromatic rings. The van der Waals surface area contributed by atoms with Gasteiger partial charge in [-0.3, -0.25) is 4.79 Å². The normalized spacial score (nSPS) is 17.3. The zero-order valence-corrected chi connectivity index (χ0v) is 12.4. The lowest BCUT2D eigenvalue weighted by Crippen LogP contribution is -2.36. The molecule has 1 amide bonds. The monoisotopic (exact) mass is 316 g/mol. The van der Waals surface area contributed by atoms with Gasteiger partial charge in [-0.2, -0.15) is 5.26 Å². The summed E-state index contributed by atoms with van der Waals surface area (Å²) < 4.78 is 5.10. The summed E-state index contributed by atoms with van der Waals surface area (Å²) in [7, 11) is 0. The third kappa shape index (κ3) is 3.05. The molecule has 1 unspecified atom stereocenters. The third-order valence-corrected chi connectivity index (χ3v) is 3.75. The van der Waals surface area contributed by atoms with Gasteiger partial charge in [0.05, 0.1) is 0 Å². The van der Waals surface area contributed by atoms with E-state index in [0.29, 0.717) is 23.8 Å². The number of nitrogens with zero attached hydrogens (tertiary/aromatic N) is 3. The number of benzene rings is 1. The van der Waals surface area contributed by atoms with Gasteiger partial charge in [0, 0.05) is 35.8 Å². The van der Waals surface area contributed by atoms with Gasteiger partial charge in [-0.05, 0) is 18.6 Å². The van der Waals surface area contributed by atoms with Crippen molar-refractivity contribution in [3.8, 4) is 17.5 Å². The lowest BCUT2D eigenvalue weighted by Gasteiger charge is -2.10. The number of carbonyl (C=O) groups is 1. The Labute approximate surface area is 132 Å². The number of carbonyl (C=O) groups excluding carboxylic acids is 1. The number of hydrogen-bond donors (Lipinski definition) is 1. The number of halogens is 1. The van der Waals surface area contributed by atoms with Crippen LogP contribution in [0.2, 0.25) is 5.02 Å². The van der Waals surface area contributed by atoms with Gasteiger partial charge in [-0.25, -0.2) is 0 Å². The Morgan fingerprint density at radius 1 is 1.50 bits per heavy atom. The van der Waals surface area contributed by atoms with Crippen LogP contribution in [0.1, 0.15) is 17.0 Å². The molecule has 1 aromatic carbocycles. The summed E-state index contributed by atoms with van der Waals surface area (Å²) in [5.41, 5.74) is 1.34. The van der Waals surface area contributed by atoms with E-state index in [1.807, 2.05) is 6.07 Å². The first-order chi connectivity index (χ1) is 10.7. The zero-order chi connectivity index (χ0) is 15.5. The van der Waals surface area contributed by atoms with Gasteiger partial charge in [0.2, 0.25) is 5.76 Å². The summed E-state index contributed by atoms with van der Waals surface area (Å²) in [4.78, 5) is 13.7. The second kappa shape index (κ2) is 6.08. The van der Waals surface area contributed by atoms with Crippen LogP contribution in [0.3, 0.4) is 0 Å². The van der Waals surface area contributed by atoms with Crippen LogP contribution in [0, 0.1) is 11.5 Å². The fourth-order valence-electron chi connectivity index (χ4n) is 2.39. The molecule has 0 aliphatic carbocycles. The molecule has 1 aromatic heterocycles. The molecule has 1 fully saturated rings. The van der Waals surface area contributed by atoms with Crippen molar-refractivity contribution in [2.75, 3.05) is 13.1 Å². The first-order valence-corrected chi connectivity index (χ1v) is 7.21. The van der Waals surface area contributed by atoms with E-state index in [0.717, 1.165) is 12.0 Å². The molecule has 22 heavy (non-hydrogen) atoms. The second-order valence-corrected chi connectivity index (χ2v) is 5.53. The molecule has 6 nitrogen and oxygen atoms in total.